The predicted molar refractivity (Wildman–Crippen MR) is 77.9 cm³/mol. The third kappa shape index (κ3) is 3.72. The molecule has 0 atom stereocenters. The lowest BCUT2D eigenvalue weighted by atomic mass is 10.1. The maximum Gasteiger partial charge on any atom is 0.335 e. The maximum absolute atomic E-state index is 12.4. The second-order valence-electron chi connectivity index (χ2n) is 4.59. The number of hydrogen-bond acceptors (Lipinski definition) is 5. The van der Waals surface area contributed by atoms with E-state index in [4.69, 9.17) is 5.11 Å². The summed E-state index contributed by atoms with van der Waals surface area (Å²) in [6.45, 7) is 1.14. The van der Waals surface area contributed by atoms with Gasteiger partial charge in [0.1, 0.15) is 0 Å². The Morgan fingerprint density at radius 2 is 1.90 bits per heavy atom. The molecule has 1 saturated heterocycles. The first-order valence-corrected chi connectivity index (χ1v) is 7.54. The van der Waals surface area contributed by atoms with Crippen molar-refractivity contribution in [2.75, 3.05) is 24.6 Å². The lowest BCUT2D eigenvalue weighted by Crippen LogP contribution is -2.33. The third-order valence-corrected chi connectivity index (χ3v) is 4.18. The highest BCUT2D eigenvalue weighted by molar-refractivity contribution is 7.99. The van der Waals surface area contributed by atoms with E-state index in [0.717, 1.165) is 30.1 Å². The number of benzene rings is 1. The Bertz CT molecular complexity index is 550. The molecule has 0 unspecified atom stereocenters. The number of amides is 1. The van der Waals surface area contributed by atoms with Crippen LogP contribution in [-0.2, 0) is 0 Å². The number of carboxylic acid groups (broad SMARTS) is 1. The second-order valence-corrected chi connectivity index (χ2v) is 5.81. The number of hydrogen-bond donors (Lipinski definition) is 1. The minimum atomic E-state index is -1.29. The van der Waals surface area contributed by atoms with Gasteiger partial charge in [0.05, 0.1) is 10.5 Å². The number of thioether (sulfide) groups is 1. The van der Waals surface area contributed by atoms with Crippen molar-refractivity contribution in [2.24, 2.45) is 0 Å². The van der Waals surface area contributed by atoms with Gasteiger partial charge in [-0.25, -0.2) is 4.79 Å². The predicted octanol–water partition coefficient (Wildman–Crippen LogP) is 1.87. The molecule has 1 fully saturated rings. The van der Waals surface area contributed by atoms with Gasteiger partial charge in [-0.15, -0.1) is 0 Å². The van der Waals surface area contributed by atoms with Crippen molar-refractivity contribution in [3.8, 4) is 0 Å². The topological polar surface area (TPSA) is 101 Å². The van der Waals surface area contributed by atoms with E-state index in [1.54, 1.807) is 16.7 Å². The van der Waals surface area contributed by atoms with Crippen molar-refractivity contribution in [3.63, 3.8) is 0 Å². The Hall–Kier alpha value is -2.09. The molecule has 1 aromatic rings. The van der Waals surface area contributed by atoms with Crippen LogP contribution in [0.4, 0.5) is 5.69 Å². The minimum Gasteiger partial charge on any atom is -0.478 e. The van der Waals surface area contributed by atoms with Crippen molar-refractivity contribution in [1.82, 2.24) is 4.90 Å². The summed E-state index contributed by atoms with van der Waals surface area (Å²) in [5, 5.41) is 19.9. The zero-order valence-electron chi connectivity index (χ0n) is 11.2. The number of aromatic carboxylic acids is 1. The number of carboxylic acids is 1. The van der Waals surface area contributed by atoms with Gasteiger partial charge in [-0.3, -0.25) is 14.9 Å². The monoisotopic (exact) mass is 310 g/mol. The quantitative estimate of drug-likeness (QED) is 0.675. The number of carbonyl (C=O) groups excluding carboxylic acids is 1. The van der Waals surface area contributed by atoms with Gasteiger partial charge in [0.15, 0.2) is 0 Å². The fourth-order valence-corrected chi connectivity index (χ4v) is 2.98. The molecule has 0 saturated carbocycles. The largest absolute Gasteiger partial charge is 0.478 e. The van der Waals surface area contributed by atoms with Crippen molar-refractivity contribution >= 4 is 29.3 Å². The molecule has 1 aliphatic rings. The molecule has 8 heteroatoms. The first kappa shape index (κ1) is 15.3. The summed E-state index contributed by atoms with van der Waals surface area (Å²) in [4.78, 5) is 35.2. The van der Waals surface area contributed by atoms with Crippen molar-refractivity contribution in [2.45, 2.75) is 6.42 Å². The molecule has 2 rings (SSSR count). The van der Waals surface area contributed by atoms with Gasteiger partial charge >= 0.3 is 5.97 Å². The van der Waals surface area contributed by atoms with Crippen LogP contribution in [0.25, 0.3) is 0 Å². The molecule has 0 radical (unpaired) electrons. The zero-order chi connectivity index (χ0) is 15.4. The minimum absolute atomic E-state index is 0.0495. The van der Waals surface area contributed by atoms with E-state index in [1.807, 2.05) is 0 Å². The summed E-state index contributed by atoms with van der Waals surface area (Å²) in [6.07, 6.45) is 0.858. The number of nitrogens with zero attached hydrogens (tertiary/aromatic N) is 2. The highest BCUT2D eigenvalue weighted by atomic mass is 32.2. The number of nitro groups is 1. The Morgan fingerprint density at radius 1 is 1.19 bits per heavy atom. The summed E-state index contributed by atoms with van der Waals surface area (Å²) in [6, 6.07) is 3.28. The molecule has 0 bridgehead atoms. The van der Waals surface area contributed by atoms with E-state index in [1.165, 1.54) is 6.07 Å². The van der Waals surface area contributed by atoms with Crippen LogP contribution in [0.5, 0.6) is 0 Å². The molecule has 21 heavy (non-hydrogen) atoms. The standard InChI is InChI=1S/C13H14N2O5S/c16-12(14-2-1-4-21-5-3-14)9-6-10(13(17)18)8-11(7-9)15(19)20/h6-8H,1-5H2,(H,17,18). The van der Waals surface area contributed by atoms with Crippen molar-refractivity contribution in [3.05, 3.63) is 39.4 Å². The lowest BCUT2D eigenvalue weighted by Gasteiger charge is -2.20. The molecule has 0 spiro atoms. The highest BCUT2D eigenvalue weighted by Crippen LogP contribution is 2.20. The molecule has 1 N–H and O–H groups in total. The summed E-state index contributed by atoms with van der Waals surface area (Å²) in [5.41, 5.74) is -0.590. The van der Waals surface area contributed by atoms with Crippen LogP contribution in [0.3, 0.4) is 0 Å². The number of nitro benzene ring substituents is 1. The number of rotatable bonds is 3. The van der Waals surface area contributed by atoms with Crippen LogP contribution < -0.4 is 0 Å². The van der Waals surface area contributed by atoms with Crippen LogP contribution in [-0.4, -0.2) is 51.4 Å². The molecule has 0 aromatic heterocycles. The maximum atomic E-state index is 12.4. The van der Waals surface area contributed by atoms with E-state index in [2.05, 4.69) is 0 Å². The van der Waals surface area contributed by atoms with E-state index in [9.17, 15) is 19.7 Å². The van der Waals surface area contributed by atoms with Crippen LogP contribution in [0.1, 0.15) is 27.1 Å². The Labute approximate surface area is 125 Å². The first-order valence-electron chi connectivity index (χ1n) is 6.39. The van der Waals surface area contributed by atoms with Gasteiger partial charge in [0.2, 0.25) is 0 Å². The van der Waals surface area contributed by atoms with E-state index in [0.29, 0.717) is 13.1 Å². The molecule has 1 aromatic carbocycles. The summed E-state index contributed by atoms with van der Waals surface area (Å²) >= 11 is 1.75. The average molecular weight is 310 g/mol. The second kappa shape index (κ2) is 6.57. The first-order chi connectivity index (χ1) is 9.99. The van der Waals surface area contributed by atoms with Gasteiger partial charge < -0.3 is 10.0 Å². The molecule has 7 nitrogen and oxygen atoms in total. The number of carbonyl (C=O) groups is 2. The zero-order valence-corrected chi connectivity index (χ0v) is 12.0. The smallest absolute Gasteiger partial charge is 0.335 e. The summed E-state index contributed by atoms with van der Waals surface area (Å²) in [7, 11) is 0. The van der Waals surface area contributed by atoms with Crippen molar-refractivity contribution in [1.29, 1.82) is 0 Å². The Balaban J connectivity index is 2.34. The summed E-state index contributed by atoms with van der Waals surface area (Å²) < 4.78 is 0. The normalized spacial score (nSPS) is 15.3. The molecular weight excluding hydrogens is 296 g/mol. The SMILES string of the molecule is O=C(O)c1cc(C(=O)N2CCCSCC2)cc([N+](=O)[O-])c1. The molecule has 1 amide bonds. The van der Waals surface area contributed by atoms with Crippen LogP contribution in [0, 0.1) is 10.1 Å². The molecule has 1 aliphatic heterocycles. The van der Waals surface area contributed by atoms with E-state index in [-0.39, 0.29) is 22.7 Å². The van der Waals surface area contributed by atoms with Crippen LogP contribution >= 0.6 is 11.8 Å². The molecular formula is C13H14N2O5S. The molecule has 1 heterocycles. The van der Waals surface area contributed by atoms with Crippen molar-refractivity contribution < 1.29 is 19.6 Å². The van der Waals surface area contributed by atoms with Crippen LogP contribution in [0.15, 0.2) is 18.2 Å². The van der Waals surface area contributed by atoms with Gasteiger partial charge in [-0.1, -0.05) is 0 Å². The fourth-order valence-electron chi connectivity index (χ4n) is 2.10. The Kier molecular flexibility index (Phi) is 4.79. The highest BCUT2D eigenvalue weighted by Gasteiger charge is 2.22. The Morgan fingerprint density at radius 3 is 2.57 bits per heavy atom. The van der Waals surface area contributed by atoms with Gasteiger partial charge in [0.25, 0.3) is 11.6 Å². The van der Waals surface area contributed by atoms with E-state index < -0.39 is 10.9 Å². The van der Waals surface area contributed by atoms with Gasteiger partial charge in [-0.05, 0) is 18.2 Å². The van der Waals surface area contributed by atoms with Gasteiger partial charge in [-0.2, -0.15) is 11.8 Å². The molecule has 0 aliphatic carbocycles. The molecule has 112 valence electrons. The fraction of sp³-hybridized carbons (Fsp3) is 0.385. The van der Waals surface area contributed by atoms with Gasteiger partial charge in [0, 0.05) is 36.5 Å². The average Bonchev–Trinajstić information content (AvgIpc) is 2.74. The van der Waals surface area contributed by atoms with E-state index >= 15 is 0 Å². The van der Waals surface area contributed by atoms with Crippen LogP contribution in [0.2, 0.25) is 0 Å². The number of non-ortho nitro benzene ring substituents is 1. The summed E-state index contributed by atoms with van der Waals surface area (Å²) in [5.74, 6) is 0.133. The third-order valence-electron chi connectivity index (χ3n) is 3.13. The lowest BCUT2D eigenvalue weighted by molar-refractivity contribution is -0.384.